The quantitative estimate of drug-likeness (QED) is 0.563. The SMILES string of the molecule is CCNC(=NCC(=O)N1CCN(c2ccccc2)CC1)NC1CCC(SC)C1. The van der Waals surface area contributed by atoms with Gasteiger partial charge in [-0.2, -0.15) is 11.8 Å². The van der Waals surface area contributed by atoms with E-state index in [-0.39, 0.29) is 12.5 Å². The number of piperazine rings is 1. The first-order valence-corrected chi connectivity index (χ1v) is 11.6. The maximum Gasteiger partial charge on any atom is 0.244 e. The van der Waals surface area contributed by atoms with Crippen molar-refractivity contribution < 1.29 is 4.79 Å². The molecule has 1 aromatic carbocycles. The molecule has 28 heavy (non-hydrogen) atoms. The number of anilines is 1. The van der Waals surface area contributed by atoms with Crippen LogP contribution in [0.3, 0.4) is 0 Å². The van der Waals surface area contributed by atoms with Gasteiger partial charge in [-0.3, -0.25) is 4.79 Å². The first-order chi connectivity index (χ1) is 13.7. The number of guanidine groups is 1. The van der Waals surface area contributed by atoms with Crippen LogP contribution in [0, 0.1) is 0 Å². The Morgan fingerprint density at radius 2 is 1.93 bits per heavy atom. The van der Waals surface area contributed by atoms with E-state index < -0.39 is 0 Å². The van der Waals surface area contributed by atoms with Crippen molar-refractivity contribution >= 4 is 29.3 Å². The topological polar surface area (TPSA) is 60.0 Å². The maximum absolute atomic E-state index is 12.6. The summed E-state index contributed by atoms with van der Waals surface area (Å²) in [7, 11) is 0. The molecule has 7 heteroatoms. The van der Waals surface area contributed by atoms with Crippen molar-refractivity contribution in [1.29, 1.82) is 0 Å². The lowest BCUT2D eigenvalue weighted by Gasteiger charge is -2.36. The molecular formula is C21H33N5OS. The summed E-state index contributed by atoms with van der Waals surface area (Å²) in [4.78, 5) is 21.5. The molecule has 2 aliphatic rings. The van der Waals surface area contributed by atoms with Crippen molar-refractivity contribution in [3.63, 3.8) is 0 Å². The molecule has 0 radical (unpaired) electrons. The highest BCUT2D eigenvalue weighted by atomic mass is 32.2. The third-order valence-electron chi connectivity index (χ3n) is 5.53. The minimum Gasteiger partial charge on any atom is -0.368 e. The minimum absolute atomic E-state index is 0.110. The summed E-state index contributed by atoms with van der Waals surface area (Å²) in [5, 5.41) is 7.54. The normalized spacial score (nSPS) is 23.0. The van der Waals surface area contributed by atoms with Gasteiger partial charge in [-0.15, -0.1) is 0 Å². The highest BCUT2D eigenvalue weighted by Crippen LogP contribution is 2.28. The van der Waals surface area contributed by atoms with E-state index in [1.54, 1.807) is 0 Å². The Labute approximate surface area is 173 Å². The fraction of sp³-hybridized carbons (Fsp3) is 0.619. The molecule has 3 rings (SSSR count). The number of aliphatic imine (C=N–C) groups is 1. The molecule has 1 amide bonds. The second kappa shape index (κ2) is 10.6. The summed E-state index contributed by atoms with van der Waals surface area (Å²) in [6.45, 7) is 6.32. The van der Waals surface area contributed by atoms with Gasteiger partial charge >= 0.3 is 0 Å². The van der Waals surface area contributed by atoms with E-state index in [0.717, 1.165) is 43.9 Å². The van der Waals surface area contributed by atoms with Gasteiger partial charge in [-0.25, -0.2) is 4.99 Å². The summed E-state index contributed by atoms with van der Waals surface area (Å²) in [6, 6.07) is 10.9. The average molecular weight is 404 g/mol. The van der Waals surface area contributed by atoms with Crippen LogP contribution in [0.5, 0.6) is 0 Å². The lowest BCUT2D eigenvalue weighted by atomic mass is 10.2. The third-order valence-corrected chi connectivity index (χ3v) is 6.62. The van der Waals surface area contributed by atoms with Crippen LogP contribution >= 0.6 is 11.8 Å². The lowest BCUT2D eigenvalue weighted by molar-refractivity contribution is -0.129. The molecule has 2 unspecified atom stereocenters. The van der Waals surface area contributed by atoms with Crippen molar-refractivity contribution in [2.75, 3.05) is 50.4 Å². The Hall–Kier alpha value is -1.89. The van der Waals surface area contributed by atoms with Crippen LogP contribution < -0.4 is 15.5 Å². The fourth-order valence-electron chi connectivity index (χ4n) is 3.90. The van der Waals surface area contributed by atoms with Gasteiger partial charge in [0.15, 0.2) is 5.96 Å². The Bertz CT molecular complexity index is 645. The number of para-hydroxylation sites is 1. The number of hydrogen-bond acceptors (Lipinski definition) is 4. The molecule has 1 heterocycles. The van der Waals surface area contributed by atoms with E-state index in [1.807, 2.05) is 22.7 Å². The van der Waals surface area contributed by atoms with Crippen molar-refractivity contribution in [1.82, 2.24) is 15.5 Å². The van der Waals surface area contributed by atoms with E-state index in [9.17, 15) is 4.79 Å². The highest BCUT2D eigenvalue weighted by molar-refractivity contribution is 7.99. The van der Waals surface area contributed by atoms with Crippen LogP contribution in [0.4, 0.5) is 5.69 Å². The largest absolute Gasteiger partial charge is 0.368 e. The van der Waals surface area contributed by atoms with Gasteiger partial charge in [0.25, 0.3) is 0 Å². The zero-order valence-corrected chi connectivity index (χ0v) is 17.9. The number of nitrogens with one attached hydrogen (secondary N) is 2. The molecule has 2 atom stereocenters. The van der Waals surface area contributed by atoms with E-state index in [1.165, 1.54) is 24.9 Å². The molecule has 1 aliphatic heterocycles. The van der Waals surface area contributed by atoms with Gasteiger partial charge in [0, 0.05) is 49.7 Å². The Kier molecular flexibility index (Phi) is 7.89. The smallest absolute Gasteiger partial charge is 0.244 e. The lowest BCUT2D eigenvalue weighted by Crippen LogP contribution is -2.50. The van der Waals surface area contributed by atoms with Crippen molar-refractivity contribution in [2.24, 2.45) is 4.99 Å². The first-order valence-electron chi connectivity index (χ1n) is 10.3. The Balaban J connectivity index is 1.47. The first kappa shape index (κ1) is 20.8. The predicted molar refractivity (Wildman–Crippen MR) is 119 cm³/mol. The molecule has 1 saturated carbocycles. The number of rotatable bonds is 6. The van der Waals surface area contributed by atoms with Crippen molar-refractivity contribution in [2.45, 2.75) is 37.5 Å². The molecule has 0 spiro atoms. The monoisotopic (exact) mass is 403 g/mol. The van der Waals surface area contributed by atoms with Crippen LogP contribution in [-0.4, -0.2) is 73.6 Å². The van der Waals surface area contributed by atoms with Crippen molar-refractivity contribution in [3.05, 3.63) is 30.3 Å². The van der Waals surface area contributed by atoms with E-state index >= 15 is 0 Å². The number of nitrogens with zero attached hydrogens (tertiary/aromatic N) is 3. The summed E-state index contributed by atoms with van der Waals surface area (Å²) in [6.07, 6.45) is 5.78. The third kappa shape index (κ3) is 5.80. The molecule has 154 valence electrons. The van der Waals surface area contributed by atoms with Gasteiger partial charge in [0.2, 0.25) is 5.91 Å². The highest BCUT2D eigenvalue weighted by Gasteiger charge is 2.25. The summed E-state index contributed by atoms with van der Waals surface area (Å²) in [5.74, 6) is 0.879. The Morgan fingerprint density at radius 1 is 1.18 bits per heavy atom. The molecule has 1 aliphatic carbocycles. The number of carbonyl (C=O) groups excluding carboxylic acids is 1. The summed E-state index contributed by atoms with van der Waals surface area (Å²) < 4.78 is 0. The summed E-state index contributed by atoms with van der Waals surface area (Å²) in [5.41, 5.74) is 1.23. The molecule has 0 aromatic heterocycles. The van der Waals surface area contributed by atoms with E-state index in [2.05, 4.69) is 58.0 Å². The molecule has 1 aromatic rings. The van der Waals surface area contributed by atoms with Gasteiger partial charge in [0.05, 0.1) is 0 Å². The molecule has 1 saturated heterocycles. The molecular weight excluding hydrogens is 370 g/mol. The molecule has 6 nitrogen and oxygen atoms in total. The maximum atomic E-state index is 12.6. The number of amides is 1. The second-order valence-corrected chi connectivity index (χ2v) is 8.55. The number of hydrogen-bond donors (Lipinski definition) is 2. The molecule has 0 bridgehead atoms. The van der Waals surface area contributed by atoms with Gasteiger partial charge in [-0.05, 0) is 44.6 Å². The Morgan fingerprint density at radius 3 is 2.57 bits per heavy atom. The van der Waals surface area contributed by atoms with Crippen LogP contribution in [0.1, 0.15) is 26.2 Å². The molecule has 2 N–H and O–H groups in total. The zero-order chi connectivity index (χ0) is 19.8. The second-order valence-electron chi connectivity index (χ2n) is 7.41. The summed E-state index contributed by atoms with van der Waals surface area (Å²) >= 11 is 1.95. The van der Waals surface area contributed by atoms with E-state index in [0.29, 0.717) is 6.04 Å². The minimum atomic E-state index is 0.110. The standard InChI is InChI=1S/C21H33N5OS/c1-3-22-21(24-17-9-10-19(15-17)28-2)23-16-20(27)26-13-11-25(12-14-26)18-7-5-4-6-8-18/h4-8,17,19H,3,9-16H2,1-2H3,(H2,22,23,24). The van der Waals surface area contributed by atoms with Gasteiger partial charge < -0.3 is 20.4 Å². The van der Waals surface area contributed by atoms with Crippen LogP contribution in [0.2, 0.25) is 0 Å². The number of benzene rings is 1. The van der Waals surface area contributed by atoms with Crippen LogP contribution in [0.25, 0.3) is 0 Å². The zero-order valence-electron chi connectivity index (χ0n) is 17.1. The van der Waals surface area contributed by atoms with E-state index in [4.69, 9.17) is 0 Å². The number of thioether (sulfide) groups is 1. The fourth-order valence-corrected chi connectivity index (χ4v) is 4.69. The van der Waals surface area contributed by atoms with Crippen molar-refractivity contribution in [3.8, 4) is 0 Å². The predicted octanol–water partition coefficient (Wildman–Crippen LogP) is 2.17. The van der Waals surface area contributed by atoms with Gasteiger partial charge in [0.1, 0.15) is 6.54 Å². The van der Waals surface area contributed by atoms with Crippen LogP contribution in [-0.2, 0) is 4.79 Å². The number of carbonyl (C=O) groups is 1. The van der Waals surface area contributed by atoms with Crippen LogP contribution in [0.15, 0.2) is 35.3 Å². The average Bonchev–Trinajstić information content (AvgIpc) is 3.20. The van der Waals surface area contributed by atoms with Gasteiger partial charge in [-0.1, -0.05) is 18.2 Å². The molecule has 2 fully saturated rings.